The molecule has 1 aromatic heterocycles. The van der Waals surface area contributed by atoms with Crippen LogP contribution in [0, 0.1) is 0 Å². The first kappa shape index (κ1) is 16.8. The van der Waals surface area contributed by atoms with Gasteiger partial charge in [-0.15, -0.1) is 0 Å². The summed E-state index contributed by atoms with van der Waals surface area (Å²) in [5.41, 5.74) is 0.995. The molecule has 0 amide bonds. The number of rotatable bonds is 9. The summed E-state index contributed by atoms with van der Waals surface area (Å²) in [6.07, 6.45) is 5.49. The third kappa shape index (κ3) is 5.77. The molecule has 0 aromatic carbocycles. The van der Waals surface area contributed by atoms with Crippen LogP contribution in [0.4, 0.5) is 11.5 Å². The molecule has 1 N–H and O–H groups in total. The molecule has 0 bridgehead atoms. The Bertz CT molecular complexity index is 486. The van der Waals surface area contributed by atoms with Crippen molar-refractivity contribution in [1.29, 1.82) is 0 Å². The first-order valence-corrected chi connectivity index (χ1v) is 8.81. The lowest BCUT2D eigenvalue weighted by molar-refractivity contribution is 0.597. The normalized spacial score (nSPS) is 11.3. The van der Waals surface area contributed by atoms with E-state index in [0.29, 0.717) is 12.2 Å². The molecule has 0 aliphatic rings. The van der Waals surface area contributed by atoms with E-state index in [1.54, 1.807) is 12.3 Å². The number of hydrogen-bond donors (Lipinski definition) is 1. The summed E-state index contributed by atoms with van der Waals surface area (Å²) in [5.74, 6) is 0.525. The number of nitrogens with one attached hydrogen (secondary N) is 1. The predicted molar refractivity (Wildman–Crippen MR) is 84.7 cm³/mol. The Morgan fingerprint density at radius 3 is 2.45 bits per heavy atom. The minimum atomic E-state index is -3.27. The van der Waals surface area contributed by atoms with Gasteiger partial charge in [0, 0.05) is 13.6 Å². The summed E-state index contributed by atoms with van der Waals surface area (Å²) in [4.78, 5) is 6.29. The van der Waals surface area contributed by atoms with E-state index in [1.165, 1.54) is 0 Å². The van der Waals surface area contributed by atoms with Crippen molar-refractivity contribution in [2.75, 3.05) is 29.0 Å². The van der Waals surface area contributed by atoms with Crippen LogP contribution in [0.5, 0.6) is 0 Å². The lowest BCUT2D eigenvalue weighted by Crippen LogP contribution is -2.19. The molecule has 20 heavy (non-hydrogen) atoms. The zero-order chi connectivity index (χ0) is 15.0. The molecular weight excluding hydrogens is 274 g/mol. The summed E-state index contributed by atoms with van der Waals surface area (Å²) in [7, 11) is -1.26. The second-order valence-corrected chi connectivity index (χ2v) is 6.79. The Hall–Kier alpha value is -1.30. The first-order chi connectivity index (χ1) is 9.48. The minimum Gasteiger partial charge on any atom is -0.373 e. The first-order valence-electron chi connectivity index (χ1n) is 7.16. The van der Waals surface area contributed by atoms with Crippen molar-refractivity contribution in [3.63, 3.8) is 0 Å². The zero-order valence-corrected chi connectivity index (χ0v) is 13.4. The van der Waals surface area contributed by atoms with Gasteiger partial charge in [-0.25, -0.2) is 13.4 Å². The lowest BCUT2D eigenvalue weighted by atomic mass is 10.3. The van der Waals surface area contributed by atoms with E-state index in [1.807, 2.05) is 20.0 Å². The molecule has 1 heterocycles. The summed E-state index contributed by atoms with van der Waals surface area (Å²) in [6.45, 7) is 5.09. The summed E-state index contributed by atoms with van der Waals surface area (Å²) in [5, 5.41) is 0. The molecule has 5 nitrogen and oxygen atoms in total. The molecular formula is C14H25N3O2S. The van der Waals surface area contributed by atoms with E-state index < -0.39 is 10.0 Å². The van der Waals surface area contributed by atoms with Crippen LogP contribution in [-0.2, 0) is 10.0 Å². The molecule has 0 spiro atoms. The van der Waals surface area contributed by atoms with Gasteiger partial charge in [-0.2, -0.15) is 0 Å². The summed E-state index contributed by atoms with van der Waals surface area (Å²) >= 11 is 0. The number of sulfonamides is 1. The molecule has 1 rings (SSSR count). The fourth-order valence-corrected chi connectivity index (χ4v) is 2.95. The lowest BCUT2D eigenvalue weighted by Gasteiger charge is -2.18. The van der Waals surface area contributed by atoms with Crippen LogP contribution in [0.3, 0.4) is 0 Å². The largest absolute Gasteiger partial charge is 0.373 e. The third-order valence-electron chi connectivity index (χ3n) is 3.06. The predicted octanol–water partition coefficient (Wildman–Crippen LogP) is 2.86. The van der Waals surface area contributed by atoms with Crippen LogP contribution in [-0.4, -0.2) is 32.7 Å². The standard InChI is InChI=1S/C14H25N3O2S/c1-4-6-10-17(3)13-8-9-14(15-12-13)16-20(18,19)11-7-5-2/h8-9,12H,4-7,10-11H2,1-3H3,(H,15,16). The molecule has 0 saturated heterocycles. The van der Waals surface area contributed by atoms with Crippen molar-refractivity contribution in [3.8, 4) is 0 Å². The zero-order valence-electron chi connectivity index (χ0n) is 12.6. The maximum absolute atomic E-state index is 11.8. The van der Waals surface area contributed by atoms with Gasteiger partial charge < -0.3 is 4.90 Å². The average molecular weight is 299 g/mol. The van der Waals surface area contributed by atoms with E-state index >= 15 is 0 Å². The average Bonchev–Trinajstić information content (AvgIpc) is 2.43. The molecule has 114 valence electrons. The highest BCUT2D eigenvalue weighted by Gasteiger charge is 2.10. The molecule has 1 aromatic rings. The van der Waals surface area contributed by atoms with Gasteiger partial charge in [0.25, 0.3) is 0 Å². The van der Waals surface area contributed by atoms with Gasteiger partial charge in [0.15, 0.2) is 0 Å². The van der Waals surface area contributed by atoms with Crippen LogP contribution < -0.4 is 9.62 Å². The number of pyridine rings is 1. The monoisotopic (exact) mass is 299 g/mol. The molecule has 6 heteroatoms. The molecule has 0 fully saturated rings. The Morgan fingerprint density at radius 2 is 1.90 bits per heavy atom. The highest BCUT2D eigenvalue weighted by molar-refractivity contribution is 7.92. The second-order valence-electron chi connectivity index (χ2n) is 4.95. The van der Waals surface area contributed by atoms with Crippen LogP contribution in [0.2, 0.25) is 0 Å². The van der Waals surface area contributed by atoms with Gasteiger partial charge in [0.1, 0.15) is 5.82 Å². The topological polar surface area (TPSA) is 62.3 Å². The maximum Gasteiger partial charge on any atom is 0.233 e. The van der Waals surface area contributed by atoms with Gasteiger partial charge in [0.05, 0.1) is 17.6 Å². The van der Waals surface area contributed by atoms with E-state index in [2.05, 4.69) is 21.5 Å². The smallest absolute Gasteiger partial charge is 0.233 e. The van der Waals surface area contributed by atoms with Crippen molar-refractivity contribution in [2.24, 2.45) is 0 Å². The van der Waals surface area contributed by atoms with Gasteiger partial charge in [0.2, 0.25) is 10.0 Å². The Morgan fingerprint density at radius 1 is 1.20 bits per heavy atom. The number of hydrogen-bond acceptors (Lipinski definition) is 4. The Labute approximate surface area is 122 Å². The Balaban J connectivity index is 2.62. The molecule has 0 aliphatic heterocycles. The van der Waals surface area contributed by atoms with Crippen molar-refractivity contribution in [2.45, 2.75) is 39.5 Å². The van der Waals surface area contributed by atoms with Gasteiger partial charge >= 0.3 is 0 Å². The second kappa shape index (κ2) is 8.09. The SMILES string of the molecule is CCCCN(C)c1ccc(NS(=O)(=O)CCCC)nc1. The van der Waals surface area contributed by atoms with Gasteiger partial charge in [-0.1, -0.05) is 26.7 Å². The fourth-order valence-electron chi connectivity index (χ4n) is 1.74. The van der Waals surface area contributed by atoms with Crippen LogP contribution >= 0.6 is 0 Å². The van der Waals surface area contributed by atoms with Crippen molar-refractivity contribution < 1.29 is 8.42 Å². The molecule has 0 aliphatic carbocycles. The van der Waals surface area contributed by atoms with Crippen LogP contribution in [0.15, 0.2) is 18.3 Å². The van der Waals surface area contributed by atoms with Crippen LogP contribution in [0.25, 0.3) is 0 Å². The summed E-state index contributed by atoms with van der Waals surface area (Å²) < 4.78 is 26.0. The van der Waals surface area contributed by atoms with Crippen molar-refractivity contribution in [3.05, 3.63) is 18.3 Å². The third-order valence-corrected chi connectivity index (χ3v) is 4.41. The van der Waals surface area contributed by atoms with Crippen molar-refractivity contribution in [1.82, 2.24) is 4.98 Å². The van der Waals surface area contributed by atoms with Gasteiger partial charge in [-0.3, -0.25) is 4.72 Å². The number of nitrogens with zero attached hydrogens (tertiary/aromatic N) is 2. The van der Waals surface area contributed by atoms with E-state index in [9.17, 15) is 8.42 Å². The van der Waals surface area contributed by atoms with E-state index in [0.717, 1.165) is 31.5 Å². The highest BCUT2D eigenvalue weighted by Crippen LogP contribution is 2.15. The van der Waals surface area contributed by atoms with Gasteiger partial charge in [-0.05, 0) is 25.0 Å². The quantitative estimate of drug-likeness (QED) is 0.761. The summed E-state index contributed by atoms with van der Waals surface area (Å²) in [6, 6.07) is 3.60. The van der Waals surface area contributed by atoms with E-state index in [4.69, 9.17) is 0 Å². The molecule has 0 atom stereocenters. The van der Waals surface area contributed by atoms with Crippen LogP contribution in [0.1, 0.15) is 39.5 Å². The number of unbranched alkanes of at least 4 members (excludes halogenated alkanes) is 2. The van der Waals surface area contributed by atoms with E-state index in [-0.39, 0.29) is 5.75 Å². The molecule has 0 saturated carbocycles. The number of aromatic nitrogens is 1. The highest BCUT2D eigenvalue weighted by atomic mass is 32.2. The maximum atomic E-state index is 11.8. The molecule has 0 unspecified atom stereocenters. The molecule has 0 radical (unpaired) electrons. The fraction of sp³-hybridized carbons (Fsp3) is 0.643. The Kier molecular flexibility index (Phi) is 6.78. The number of anilines is 2. The minimum absolute atomic E-state index is 0.142. The van der Waals surface area contributed by atoms with Crippen molar-refractivity contribution >= 4 is 21.5 Å².